The van der Waals surface area contributed by atoms with E-state index in [-0.39, 0.29) is 17.5 Å². The summed E-state index contributed by atoms with van der Waals surface area (Å²) in [5, 5.41) is 0. The number of Topliss-reactive ketones (excluding diaryl/α,β-unsaturated/α-hetero) is 2. The molecule has 0 radical (unpaired) electrons. The largest absolute Gasteiger partial charge is 0.299 e. The van der Waals surface area contributed by atoms with Crippen LogP contribution in [0.4, 0.5) is 0 Å². The molecule has 0 spiro atoms. The van der Waals surface area contributed by atoms with Crippen LogP contribution in [0.3, 0.4) is 0 Å². The normalized spacial score (nSPS) is 36.5. The van der Waals surface area contributed by atoms with E-state index < -0.39 is 5.41 Å². The highest BCUT2D eigenvalue weighted by atomic mass is 16.1. The highest BCUT2D eigenvalue weighted by Crippen LogP contribution is 2.26. The van der Waals surface area contributed by atoms with Crippen molar-refractivity contribution in [3.8, 4) is 0 Å². The van der Waals surface area contributed by atoms with Crippen LogP contribution in [0.15, 0.2) is 36.0 Å². The van der Waals surface area contributed by atoms with Crippen molar-refractivity contribution in [2.75, 3.05) is 0 Å². The fourth-order valence-electron chi connectivity index (χ4n) is 1.53. The zero-order chi connectivity index (χ0) is 12.3. The predicted octanol–water partition coefficient (Wildman–Crippen LogP) is 2.86. The van der Waals surface area contributed by atoms with Crippen molar-refractivity contribution in [2.45, 2.75) is 27.7 Å². The van der Waals surface area contributed by atoms with Crippen LogP contribution in [0.1, 0.15) is 27.7 Å². The van der Waals surface area contributed by atoms with Crippen LogP contribution in [0.2, 0.25) is 0 Å². The molecule has 0 aromatic carbocycles. The Hall–Kier alpha value is -1.44. The fourth-order valence-corrected chi connectivity index (χ4v) is 1.53. The summed E-state index contributed by atoms with van der Waals surface area (Å²) in [7, 11) is 0. The Balaban J connectivity index is 3.19. The summed E-state index contributed by atoms with van der Waals surface area (Å²) in [5.74, 6) is 0.281. The van der Waals surface area contributed by atoms with Gasteiger partial charge in [0.15, 0.2) is 5.78 Å². The van der Waals surface area contributed by atoms with Gasteiger partial charge in [0.25, 0.3) is 0 Å². The van der Waals surface area contributed by atoms with Gasteiger partial charge in [-0.05, 0) is 26.7 Å². The van der Waals surface area contributed by atoms with Crippen LogP contribution in [-0.4, -0.2) is 11.6 Å². The molecule has 16 heavy (non-hydrogen) atoms. The van der Waals surface area contributed by atoms with Crippen molar-refractivity contribution in [2.24, 2.45) is 11.3 Å². The molecule has 2 heteroatoms. The number of hydrogen-bond acceptors (Lipinski definition) is 2. The summed E-state index contributed by atoms with van der Waals surface area (Å²) in [6.45, 7) is 6.97. The summed E-state index contributed by atoms with van der Waals surface area (Å²) in [6.07, 6.45) is 9.33. The van der Waals surface area contributed by atoms with Crippen molar-refractivity contribution >= 4 is 11.6 Å². The second-order valence-electron chi connectivity index (χ2n) is 4.57. The predicted molar refractivity (Wildman–Crippen MR) is 65.0 cm³/mol. The molecule has 0 N–H and O–H groups in total. The lowest BCUT2D eigenvalue weighted by atomic mass is 9.82. The Morgan fingerprint density at radius 1 is 1.25 bits per heavy atom. The third kappa shape index (κ3) is 2.78. The number of carbonyl (C=O) groups is 2. The van der Waals surface area contributed by atoms with Crippen molar-refractivity contribution in [3.05, 3.63) is 36.0 Å². The highest BCUT2D eigenvalue weighted by molar-refractivity contribution is 5.96. The summed E-state index contributed by atoms with van der Waals surface area (Å²) in [4.78, 5) is 22.9. The third-order valence-corrected chi connectivity index (χ3v) is 2.96. The number of hydrogen-bond donors (Lipinski definition) is 0. The van der Waals surface area contributed by atoms with E-state index in [4.69, 9.17) is 0 Å². The smallest absolute Gasteiger partial charge is 0.159 e. The Morgan fingerprint density at radius 3 is 2.38 bits per heavy atom. The van der Waals surface area contributed by atoms with Crippen molar-refractivity contribution in [3.63, 3.8) is 0 Å². The number of rotatable bonds is 2. The zero-order valence-corrected chi connectivity index (χ0v) is 10.3. The van der Waals surface area contributed by atoms with Gasteiger partial charge in [-0.25, -0.2) is 0 Å². The molecule has 0 bridgehead atoms. The van der Waals surface area contributed by atoms with Crippen molar-refractivity contribution in [1.29, 1.82) is 0 Å². The van der Waals surface area contributed by atoms with Gasteiger partial charge in [-0.15, -0.1) is 0 Å². The molecular formula is C14H18O2. The maximum absolute atomic E-state index is 11.6. The van der Waals surface area contributed by atoms with Crippen LogP contribution in [-0.2, 0) is 9.59 Å². The fraction of sp³-hybridized carbons (Fsp3) is 0.429. The third-order valence-electron chi connectivity index (χ3n) is 2.96. The Bertz CT molecular complexity index is 399. The van der Waals surface area contributed by atoms with Crippen molar-refractivity contribution in [1.82, 2.24) is 0 Å². The molecule has 0 heterocycles. The summed E-state index contributed by atoms with van der Waals surface area (Å²) >= 11 is 0. The standard InChI is InChI=1S/C14H18O2/c1-10-5-7-14(4,12(3)16)8-6-13(9-10)11(2)15/h5-10H,1-4H3/b7-5-,8-6-,13-9+. The van der Waals surface area contributed by atoms with Gasteiger partial charge < -0.3 is 0 Å². The number of ketones is 2. The van der Waals surface area contributed by atoms with Gasteiger partial charge in [0.2, 0.25) is 0 Å². The minimum atomic E-state index is -0.594. The summed E-state index contributed by atoms with van der Waals surface area (Å²) < 4.78 is 0. The maximum Gasteiger partial charge on any atom is 0.159 e. The Morgan fingerprint density at radius 2 is 1.88 bits per heavy atom. The lowest BCUT2D eigenvalue weighted by Gasteiger charge is -2.20. The Labute approximate surface area is 96.7 Å². The van der Waals surface area contributed by atoms with E-state index in [0.717, 1.165) is 0 Å². The minimum Gasteiger partial charge on any atom is -0.299 e. The first-order chi connectivity index (χ1) is 7.35. The monoisotopic (exact) mass is 218 g/mol. The minimum absolute atomic E-state index is 0.0318. The molecule has 0 aliphatic heterocycles. The average Bonchev–Trinajstić information content (AvgIpc) is 2.18. The molecule has 2 nitrogen and oxygen atoms in total. The van der Waals surface area contributed by atoms with E-state index in [1.165, 1.54) is 0 Å². The SMILES string of the molecule is CC(=O)C1=C/C(C)/C=C\C(C)(C(C)=O)/C=C\1. The van der Waals surface area contributed by atoms with Crippen molar-refractivity contribution < 1.29 is 9.59 Å². The summed E-state index contributed by atoms with van der Waals surface area (Å²) in [5.41, 5.74) is 0.0766. The molecule has 86 valence electrons. The van der Waals surface area contributed by atoms with E-state index in [0.29, 0.717) is 5.57 Å². The van der Waals surface area contributed by atoms with E-state index in [1.54, 1.807) is 26.0 Å². The molecule has 0 amide bonds. The molecule has 0 aromatic rings. The lowest BCUT2D eigenvalue weighted by molar-refractivity contribution is -0.121. The second kappa shape index (κ2) is 4.60. The van der Waals surface area contributed by atoms with E-state index in [2.05, 4.69) is 0 Å². The van der Waals surface area contributed by atoms with Crippen LogP contribution < -0.4 is 0 Å². The van der Waals surface area contributed by atoms with Gasteiger partial charge in [-0.2, -0.15) is 0 Å². The highest BCUT2D eigenvalue weighted by Gasteiger charge is 2.24. The summed E-state index contributed by atoms with van der Waals surface area (Å²) in [6, 6.07) is 0. The topological polar surface area (TPSA) is 34.1 Å². The van der Waals surface area contributed by atoms with Gasteiger partial charge in [0.05, 0.1) is 5.41 Å². The molecule has 1 aliphatic rings. The van der Waals surface area contributed by atoms with Crippen LogP contribution in [0.25, 0.3) is 0 Å². The first kappa shape index (κ1) is 12.6. The quantitative estimate of drug-likeness (QED) is 0.668. The van der Waals surface area contributed by atoms with Gasteiger partial charge in [0.1, 0.15) is 5.78 Å². The van der Waals surface area contributed by atoms with Gasteiger partial charge in [-0.1, -0.05) is 37.3 Å². The molecule has 0 saturated heterocycles. The van der Waals surface area contributed by atoms with E-state index >= 15 is 0 Å². The molecule has 2 unspecified atom stereocenters. The van der Waals surface area contributed by atoms with E-state index in [9.17, 15) is 9.59 Å². The molecule has 0 saturated carbocycles. The molecule has 1 rings (SSSR count). The number of carbonyl (C=O) groups excluding carboxylic acids is 2. The van der Waals surface area contributed by atoms with Crippen LogP contribution in [0.5, 0.6) is 0 Å². The molecule has 1 aliphatic carbocycles. The lowest BCUT2D eigenvalue weighted by Crippen LogP contribution is -2.21. The Kier molecular flexibility index (Phi) is 3.63. The average molecular weight is 218 g/mol. The second-order valence-corrected chi connectivity index (χ2v) is 4.57. The molecule has 2 atom stereocenters. The first-order valence-electron chi connectivity index (χ1n) is 5.47. The zero-order valence-electron chi connectivity index (χ0n) is 10.3. The number of allylic oxidation sites excluding steroid dienone is 6. The van der Waals surface area contributed by atoms with Crippen LogP contribution >= 0.6 is 0 Å². The van der Waals surface area contributed by atoms with Gasteiger partial charge in [-0.3, -0.25) is 9.59 Å². The van der Waals surface area contributed by atoms with Crippen LogP contribution in [0, 0.1) is 11.3 Å². The molecule has 0 fully saturated rings. The van der Waals surface area contributed by atoms with E-state index in [1.807, 2.05) is 32.1 Å². The first-order valence-corrected chi connectivity index (χ1v) is 5.47. The van der Waals surface area contributed by atoms with Gasteiger partial charge >= 0.3 is 0 Å². The molecular weight excluding hydrogens is 200 g/mol. The van der Waals surface area contributed by atoms with Gasteiger partial charge in [0, 0.05) is 5.57 Å². The maximum atomic E-state index is 11.6. The molecule has 0 aromatic heterocycles.